The Kier molecular flexibility index (Phi) is 8.56. The van der Waals surface area contributed by atoms with Crippen LogP contribution >= 0.6 is 11.3 Å². The van der Waals surface area contributed by atoms with Crippen LogP contribution in [0.2, 0.25) is 0 Å². The number of amidine groups is 2. The van der Waals surface area contributed by atoms with Crippen molar-refractivity contribution in [3.05, 3.63) is 240 Å². The fraction of sp³-hybridized carbons (Fsp3) is 0.0526. The largest absolute Gasteiger partial charge is 0.344 e. The van der Waals surface area contributed by atoms with Crippen molar-refractivity contribution in [2.45, 2.75) is 18.0 Å². The molecule has 3 nitrogen and oxygen atoms in total. The Morgan fingerprint density at radius 3 is 1.74 bits per heavy atom. The Morgan fingerprint density at radius 1 is 0.410 bits per heavy atom. The molecule has 2 heterocycles. The zero-order chi connectivity index (χ0) is 40.3. The lowest BCUT2D eigenvalue weighted by molar-refractivity contribution is 0.674. The van der Waals surface area contributed by atoms with Gasteiger partial charge in [0.2, 0.25) is 0 Å². The van der Waals surface area contributed by atoms with E-state index in [2.05, 4.69) is 193 Å². The maximum absolute atomic E-state index is 5.08. The molecule has 0 bridgehead atoms. The van der Waals surface area contributed by atoms with Gasteiger partial charge in [-0.15, -0.1) is 11.3 Å². The molecule has 0 saturated heterocycles. The lowest BCUT2D eigenvalue weighted by Gasteiger charge is -2.34. The molecule has 0 radical (unpaired) electrons. The molecular formula is C57H39N3S. The van der Waals surface area contributed by atoms with Crippen molar-refractivity contribution < 1.29 is 0 Å². The minimum Gasteiger partial charge on any atom is -0.344 e. The van der Waals surface area contributed by atoms with Gasteiger partial charge in [0.15, 0.2) is 5.84 Å². The Morgan fingerprint density at radius 2 is 1.00 bits per heavy atom. The molecule has 1 aliphatic heterocycles. The molecule has 1 aromatic heterocycles. The summed E-state index contributed by atoms with van der Waals surface area (Å²) in [4.78, 5) is 10.1. The van der Waals surface area contributed by atoms with Crippen LogP contribution in [-0.4, -0.2) is 11.7 Å². The summed E-state index contributed by atoms with van der Waals surface area (Å²) >= 11 is 1.83. The summed E-state index contributed by atoms with van der Waals surface area (Å²) in [5.41, 5.74) is 16.0. The molecule has 3 aliphatic rings. The fourth-order valence-electron chi connectivity index (χ4n) is 9.63. The van der Waals surface area contributed by atoms with Gasteiger partial charge in [-0.3, -0.25) is 0 Å². The quantitative estimate of drug-likeness (QED) is 0.179. The van der Waals surface area contributed by atoms with Gasteiger partial charge in [-0.25, -0.2) is 9.98 Å². The third-order valence-electron chi connectivity index (χ3n) is 12.6. The molecule has 0 saturated carbocycles. The minimum atomic E-state index is -0.238. The number of fused-ring (bicyclic) bond motifs is 9. The lowest BCUT2D eigenvalue weighted by Crippen LogP contribution is -2.33. The second kappa shape index (κ2) is 14.7. The van der Waals surface area contributed by atoms with E-state index >= 15 is 0 Å². The number of nitrogens with zero attached hydrogens (tertiary/aromatic N) is 2. The van der Waals surface area contributed by atoms with Crippen LogP contribution in [0.1, 0.15) is 45.8 Å². The molecule has 0 amide bonds. The molecule has 12 rings (SSSR count). The SMILES string of the molecule is C1=CC2c3ccccc3-c3cc(-c4ccccc4-c4ccccc4-c4ccc5sc6cc(C7=NC(c8ccccc8)=NC(c8ccccc8)N7)ccc6c5c4)ccc3C2C=C1. The van der Waals surface area contributed by atoms with Gasteiger partial charge in [0, 0.05) is 43.1 Å². The topological polar surface area (TPSA) is 36.8 Å². The Hall–Kier alpha value is -7.40. The maximum Gasteiger partial charge on any atom is 0.159 e. The van der Waals surface area contributed by atoms with Crippen molar-refractivity contribution in [2.75, 3.05) is 0 Å². The lowest BCUT2D eigenvalue weighted by atomic mass is 9.69. The number of nitrogens with one attached hydrogen (secondary N) is 1. The Bertz CT molecular complexity index is 3300. The highest BCUT2D eigenvalue weighted by molar-refractivity contribution is 7.25. The fourth-order valence-corrected chi connectivity index (χ4v) is 10.8. The molecule has 8 aromatic carbocycles. The first-order valence-corrected chi connectivity index (χ1v) is 21.8. The number of allylic oxidation sites excluding steroid dienone is 4. The van der Waals surface area contributed by atoms with Gasteiger partial charge < -0.3 is 5.32 Å². The predicted octanol–water partition coefficient (Wildman–Crippen LogP) is 14.5. The molecule has 3 atom stereocenters. The van der Waals surface area contributed by atoms with E-state index in [0.717, 1.165) is 28.4 Å². The van der Waals surface area contributed by atoms with E-state index in [1.165, 1.54) is 75.8 Å². The molecular weight excluding hydrogens is 759 g/mol. The van der Waals surface area contributed by atoms with Gasteiger partial charge in [-0.1, -0.05) is 188 Å². The molecule has 288 valence electrons. The van der Waals surface area contributed by atoms with Crippen molar-refractivity contribution in [1.82, 2.24) is 5.32 Å². The Balaban J connectivity index is 0.917. The van der Waals surface area contributed by atoms with Crippen LogP contribution in [-0.2, 0) is 0 Å². The minimum absolute atomic E-state index is 0.238. The Labute approximate surface area is 359 Å². The van der Waals surface area contributed by atoms with Crippen LogP contribution < -0.4 is 5.32 Å². The number of benzene rings is 8. The van der Waals surface area contributed by atoms with Gasteiger partial charge in [-0.05, 0) is 85.5 Å². The van der Waals surface area contributed by atoms with E-state index in [1.54, 1.807) is 0 Å². The van der Waals surface area contributed by atoms with E-state index in [-0.39, 0.29) is 6.17 Å². The van der Waals surface area contributed by atoms with Crippen LogP contribution in [0.25, 0.3) is 64.7 Å². The summed E-state index contributed by atoms with van der Waals surface area (Å²) in [5, 5.41) is 6.15. The molecule has 0 fully saturated rings. The van der Waals surface area contributed by atoms with Gasteiger partial charge in [0.1, 0.15) is 12.0 Å². The molecule has 61 heavy (non-hydrogen) atoms. The van der Waals surface area contributed by atoms with E-state index in [1.807, 2.05) is 35.6 Å². The van der Waals surface area contributed by atoms with Crippen molar-refractivity contribution in [1.29, 1.82) is 0 Å². The van der Waals surface area contributed by atoms with E-state index in [4.69, 9.17) is 9.98 Å². The van der Waals surface area contributed by atoms with E-state index < -0.39 is 0 Å². The first-order chi connectivity index (χ1) is 30.2. The molecule has 9 aromatic rings. The zero-order valence-corrected chi connectivity index (χ0v) is 34.1. The highest BCUT2D eigenvalue weighted by Crippen LogP contribution is 2.51. The van der Waals surface area contributed by atoms with Gasteiger partial charge in [0.05, 0.1) is 0 Å². The summed E-state index contributed by atoms with van der Waals surface area (Å²) in [6.07, 6.45) is 8.90. The van der Waals surface area contributed by atoms with Crippen molar-refractivity contribution in [2.24, 2.45) is 9.98 Å². The summed E-state index contributed by atoms with van der Waals surface area (Å²) in [6, 6.07) is 68.2. The monoisotopic (exact) mass is 797 g/mol. The number of hydrogen-bond donors (Lipinski definition) is 1. The van der Waals surface area contributed by atoms with Gasteiger partial charge in [-0.2, -0.15) is 0 Å². The first-order valence-electron chi connectivity index (χ1n) is 21.0. The van der Waals surface area contributed by atoms with E-state index in [9.17, 15) is 0 Å². The average molecular weight is 798 g/mol. The average Bonchev–Trinajstić information content (AvgIpc) is 3.71. The number of thiophene rings is 1. The third kappa shape index (κ3) is 6.18. The van der Waals surface area contributed by atoms with Crippen LogP contribution in [0.15, 0.2) is 222 Å². The zero-order valence-electron chi connectivity index (χ0n) is 33.2. The molecule has 2 aliphatic carbocycles. The molecule has 3 unspecified atom stereocenters. The molecule has 1 N–H and O–H groups in total. The summed E-state index contributed by atoms with van der Waals surface area (Å²) in [6.45, 7) is 0. The number of aliphatic imine (C=N–C) groups is 2. The van der Waals surface area contributed by atoms with E-state index in [0.29, 0.717) is 11.8 Å². The maximum atomic E-state index is 5.08. The second-order valence-corrected chi connectivity index (χ2v) is 17.1. The predicted molar refractivity (Wildman–Crippen MR) is 257 cm³/mol. The second-order valence-electron chi connectivity index (χ2n) is 16.1. The standard InChI is InChI=1S/C57H39N3S/c1-3-15-36(16-4-1)55-58-56(37-17-5-2-6-18-37)60-57(59-55)40-28-31-50-52-34-39(29-32-53(52)61-54(50)35-40)42-20-8-10-22-44(42)43-21-9-7-19-41(43)38-27-30-49-47-25-12-11-23-45(47)46-24-13-14-26-48(46)51(49)33-38/h1-35,45,47,55H,(H,58,59,60). The van der Waals surface area contributed by atoms with Crippen LogP contribution in [0, 0.1) is 0 Å². The smallest absolute Gasteiger partial charge is 0.159 e. The summed E-state index contributed by atoms with van der Waals surface area (Å²) < 4.78 is 2.49. The van der Waals surface area contributed by atoms with Crippen molar-refractivity contribution in [3.63, 3.8) is 0 Å². The molecule has 4 heteroatoms. The summed E-state index contributed by atoms with van der Waals surface area (Å²) in [7, 11) is 0. The van der Waals surface area contributed by atoms with Crippen molar-refractivity contribution in [3.8, 4) is 44.5 Å². The van der Waals surface area contributed by atoms with Crippen LogP contribution in [0.4, 0.5) is 0 Å². The van der Waals surface area contributed by atoms with Crippen LogP contribution in [0.5, 0.6) is 0 Å². The highest BCUT2D eigenvalue weighted by Gasteiger charge is 2.32. The normalized spacial score (nSPS) is 17.5. The van der Waals surface area contributed by atoms with Gasteiger partial charge in [0.25, 0.3) is 0 Å². The highest BCUT2D eigenvalue weighted by atomic mass is 32.1. The van der Waals surface area contributed by atoms with Crippen LogP contribution in [0.3, 0.4) is 0 Å². The molecule has 0 spiro atoms. The summed E-state index contributed by atoms with van der Waals surface area (Å²) in [5.74, 6) is 2.28. The first kappa shape index (κ1) is 35.5. The number of rotatable bonds is 6. The van der Waals surface area contributed by atoms with Crippen molar-refractivity contribution >= 4 is 43.2 Å². The van der Waals surface area contributed by atoms with Gasteiger partial charge >= 0.3 is 0 Å². The third-order valence-corrected chi connectivity index (χ3v) is 13.7. The number of hydrogen-bond acceptors (Lipinski definition) is 4.